The number of hydrogen-bond acceptors (Lipinski definition) is 4. The van der Waals surface area contributed by atoms with Crippen LogP contribution in [0.4, 0.5) is 16.2 Å². The van der Waals surface area contributed by atoms with Crippen LogP contribution < -0.4 is 16.0 Å². The number of urea groups is 1. The maximum atomic E-state index is 13.5. The number of hydrogen-bond donors (Lipinski definition) is 4. The largest absolute Gasteiger partial charge is 0.480 e. The molecule has 8 nitrogen and oxygen atoms in total. The number of aryl methyl sites for hydroxylation is 3. The van der Waals surface area contributed by atoms with E-state index in [1.54, 1.807) is 12.1 Å². The first-order chi connectivity index (χ1) is 16.2. The van der Waals surface area contributed by atoms with Crippen LogP contribution >= 0.6 is 0 Å². The van der Waals surface area contributed by atoms with Crippen molar-refractivity contribution in [3.05, 3.63) is 70.8 Å². The highest BCUT2D eigenvalue weighted by Gasteiger charge is 2.33. The van der Waals surface area contributed by atoms with Gasteiger partial charge in [-0.15, -0.1) is 0 Å². The van der Waals surface area contributed by atoms with E-state index in [-0.39, 0.29) is 18.7 Å². The van der Waals surface area contributed by atoms with Crippen LogP contribution in [0.5, 0.6) is 0 Å². The highest BCUT2D eigenvalue weighted by atomic mass is 16.4. The predicted molar refractivity (Wildman–Crippen MR) is 133 cm³/mol. The summed E-state index contributed by atoms with van der Waals surface area (Å²) in [6, 6.07) is 13.5. The van der Waals surface area contributed by atoms with Crippen molar-refractivity contribution in [2.45, 2.75) is 26.8 Å². The fourth-order valence-corrected chi connectivity index (χ4v) is 4.49. The zero-order chi connectivity index (χ0) is 24.4. The first-order valence-corrected chi connectivity index (χ1v) is 11.2. The summed E-state index contributed by atoms with van der Waals surface area (Å²) in [5.41, 5.74) is 4.27. The zero-order valence-electron chi connectivity index (χ0n) is 19.4. The molecule has 8 heteroatoms. The van der Waals surface area contributed by atoms with Crippen molar-refractivity contribution >= 4 is 40.1 Å². The fraction of sp³-hybridized carbons (Fsp3) is 0.269. The van der Waals surface area contributed by atoms with Gasteiger partial charge in [0.05, 0.1) is 11.3 Å². The van der Waals surface area contributed by atoms with Crippen molar-refractivity contribution in [2.75, 3.05) is 30.3 Å². The third-order valence-electron chi connectivity index (χ3n) is 6.07. The number of carbonyl (C=O) groups is 3. The molecular weight excluding hydrogens is 432 g/mol. The van der Waals surface area contributed by atoms with E-state index in [1.165, 1.54) is 4.90 Å². The number of anilines is 2. The van der Waals surface area contributed by atoms with E-state index in [0.29, 0.717) is 17.9 Å². The van der Waals surface area contributed by atoms with Gasteiger partial charge in [-0.3, -0.25) is 4.79 Å². The Morgan fingerprint density at radius 1 is 0.971 bits per heavy atom. The van der Waals surface area contributed by atoms with Crippen molar-refractivity contribution in [1.82, 2.24) is 10.2 Å². The number of amides is 3. The average molecular weight is 461 g/mol. The van der Waals surface area contributed by atoms with Crippen molar-refractivity contribution in [3.8, 4) is 0 Å². The molecule has 1 aliphatic rings. The molecule has 0 saturated carbocycles. The highest BCUT2D eigenvalue weighted by Crippen LogP contribution is 2.28. The molecule has 1 atom stereocenters. The van der Waals surface area contributed by atoms with Gasteiger partial charge in [0.15, 0.2) is 0 Å². The van der Waals surface area contributed by atoms with E-state index in [4.69, 9.17) is 0 Å². The number of rotatable bonds is 4. The molecule has 0 aromatic heterocycles. The molecule has 0 spiro atoms. The smallest absolute Gasteiger partial charge is 0.327 e. The van der Waals surface area contributed by atoms with Crippen molar-refractivity contribution in [1.29, 1.82) is 0 Å². The fourth-order valence-electron chi connectivity index (χ4n) is 4.49. The Bertz CT molecular complexity index is 1260. The normalized spacial score (nSPS) is 15.7. The van der Waals surface area contributed by atoms with Gasteiger partial charge < -0.3 is 26.0 Å². The number of carbonyl (C=O) groups excluding carboxylic acids is 2. The van der Waals surface area contributed by atoms with Crippen LogP contribution in [0, 0.1) is 20.8 Å². The lowest BCUT2D eigenvalue weighted by molar-refractivity contribution is -0.142. The quantitative estimate of drug-likeness (QED) is 0.472. The summed E-state index contributed by atoms with van der Waals surface area (Å²) in [6.07, 6.45) is 0. The van der Waals surface area contributed by atoms with Crippen LogP contribution in [0.25, 0.3) is 10.8 Å². The second kappa shape index (κ2) is 9.52. The number of nitrogens with zero attached hydrogens (tertiary/aromatic N) is 1. The van der Waals surface area contributed by atoms with Gasteiger partial charge >= 0.3 is 12.0 Å². The molecule has 0 unspecified atom stereocenters. The lowest BCUT2D eigenvalue weighted by Gasteiger charge is -2.34. The number of carboxylic acid groups (broad SMARTS) is 1. The number of aliphatic carboxylic acids is 1. The summed E-state index contributed by atoms with van der Waals surface area (Å²) in [4.78, 5) is 39.6. The molecule has 4 N–H and O–H groups in total. The van der Waals surface area contributed by atoms with Gasteiger partial charge in [0.2, 0.25) is 0 Å². The SMILES string of the molecule is Cc1cc(C)c(NC(=O)Nc2cc3ccccc3cc2C(=O)N2CCNC[C@H]2C(=O)O)c(C)c1. The Morgan fingerprint density at radius 3 is 2.26 bits per heavy atom. The summed E-state index contributed by atoms with van der Waals surface area (Å²) < 4.78 is 0. The molecule has 1 fully saturated rings. The Kier molecular flexibility index (Phi) is 6.51. The molecule has 1 aliphatic heterocycles. The minimum atomic E-state index is -1.07. The molecule has 0 bridgehead atoms. The van der Waals surface area contributed by atoms with Crippen LogP contribution in [-0.4, -0.2) is 53.6 Å². The van der Waals surface area contributed by atoms with Crippen LogP contribution in [0.1, 0.15) is 27.0 Å². The number of fused-ring (bicyclic) bond motifs is 1. The minimum absolute atomic E-state index is 0.171. The topological polar surface area (TPSA) is 111 Å². The van der Waals surface area contributed by atoms with Gasteiger partial charge in [-0.2, -0.15) is 0 Å². The van der Waals surface area contributed by atoms with Crippen molar-refractivity contribution in [3.63, 3.8) is 0 Å². The first kappa shape index (κ1) is 23.3. The monoisotopic (exact) mass is 460 g/mol. The van der Waals surface area contributed by atoms with E-state index in [9.17, 15) is 19.5 Å². The summed E-state index contributed by atoms with van der Waals surface area (Å²) in [5.74, 6) is -1.50. The van der Waals surface area contributed by atoms with Gasteiger partial charge in [0.25, 0.3) is 5.91 Å². The minimum Gasteiger partial charge on any atom is -0.480 e. The van der Waals surface area contributed by atoms with E-state index in [1.807, 2.05) is 57.2 Å². The van der Waals surface area contributed by atoms with Gasteiger partial charge in [-0.05, 0) is 54.8 Å². The van der Waals surface area contributed by atoms with E-state index in [0.717, 1.165) is 27.5 Å². The molecule has 1 heterocycles. The van der Waals surface area contributed by atoms with Crippen LogP contribution in [0.15, 0.2) is 48.5 Å². The van der Waals surface area contributed by atoms with Gasteiger partial charge in [0.1, 0.15) is 6.04 Å². The highest BCUT2D eigenvalue weighted by molar-refractivity contribution is 6.10. The van der Waals surface area contributed by atoms with Crippen LogP contribution in [-0.2, 0) is 4.79 Å². The maximum Gasteiger partial charge on any atom is 0.327 e. The molecule has 34 heavy (non-hydrogen) atoms. The summed E-state index contributed by atoms with van der Waals surface area (Å²) in [7, 11) is 0. The molecule has 3 aromatic rings. The van der Waals surface area contributed by atoms with Gasteiger partial charge in [0, 0.05) is 25.3 Å². The maximum absolute atomic E-state index is 13.5. The molecule has 3 amide bonds. The first-order valence-electron chi connectivity index (χ1n) is 11.2. The van der Waals surface area contributed by atoms with E-state index >= 15 is 0 Å². The van der Waals surface area contributed by atoms with Crippen molar-refractivity contribution < 1.29 is 19.5 Å². The molecule has 0 aliphatic carbocycles. The van der Waals surface area contributed by atoms with Crippen LogP contribution in [0.2, 0.25) is 0 Å². The molecule has 176 valence electrons. The molecule has 3 aromatic carbocycles. The third kappa shape index (κ3) is 4.72. The Balaban J connectivity index is 1.69. The molecule has 0 radical (unpaired) electrons. The zero-order valence-corrected chi connectivity index (χ0v) is 19.4. The average Bonchev–Trinajstić information content (AvgIpc) is 2.80. The van der Waals surface area contributed by atoms with E-state index in [2.05, 4.69) is 16.0 Å². The van der Waals surface area contributed by atoms with E-state index < -0.39 is 23.9 Å². The summed E-state index contributed by atoms with van der Waals surface area (Å²) in [5, 5.41) is 20.0. The van der Waals surface area contributed by atoms with Crippen LogP contribution in [0.3, 0.4) is 0 Å². The number of piperazine rings is 1. The molecule has 1 saturated heterocycles. The lowest BCUT2D eigenvalue weighted by Crippen LogP contribution is -2.57. The van der Waals surface area contributed by atoms with Gasteiger partial charge in [-0.1, -0.05) is 42.0 Å². The predicted octanol–water partition coefficient (Wildman–Crippen LogP) is 3.91. The summed E-state index contributed by atoms with van der Waals surface area (Å²) >= 11 is 0. The second-order valence-electron chi connectivity index (χ2n) is 8.65. The standard InChI is InChI=1S/C26H28N4O4/c1-15-10-16(2)23(17(3)11-15)29-26(34)28-21-13-19-7-5-4-6-18(19)12-20(21)24(31)30-9-8-27-14-22(30)25(32)33/h4-7,10-13,22,27H,8-9,14H2,1-3H3,(H,32,33)(H2,28,29,34)/t22-/m0/s1. The summed E-state index contributed by atoms with van der Waals surface area (Å²) in [6.45, 7) is 6.78. The lowest BCUT2D eigenvalue weighted by atomic mass is 10.0. The second-order valence-corrected chi connectivity index (χ2v) is 8.65. The third-order valence-corrected chi connectivity index (χ3v) is 6.07. The molecular formula is C26H28N4O4. The van der Waals surface area contributed by atoms with Gasteiger partial charge in [-0.25, -0.2) is 9.59 Å². The number of benzene rings is 3. The Morgan fingerprint density at radius 2 is 1.62 bits per heavy atom. The Labute approximate surface area is 198 Å². The molecule has 4 rings (SSSR count). The van der Waals surface area contributed by atoms with Crippen molar-refractivity contribution in [2.24, 2.45) is 0 Å². The Hall–Kier alpha value is -3.91. The number of nitrogens with one attached hydrogen (secondary N) is 3. The number of carboxylic acids is 1.